The Morgan fingerprint density at radius 1 is 1.15 bits per heavy atom. The fourth-order valence-electron chi connectivity index (χ4n) is 1.89. The second-order valence-corrected chi connectivity index (χ2v) is 5.63. The molecule has 1 heterocycles. The number of halogens is 9. The highest BCUT2D eigenvalue weighted by Crippen LogP contribution is 2.46. The zero-order valence-corrected chi connectivity index (χ0v) is 13.6. The van der Waals surface area contributed by atoms with E-state index in [4.69, 9.17) is 11.6 Å². The van der Waals surface area contributed by atoms with Gasteiger partial charge in [0.1, 0.15) is 5.82 Å². The Morgan fingerprint density at radius 3 is 2.33 bits per heavy atom. The molecule has 0 saturated heterocycles. The number of anilines is 1. The maximum Gasteiger partial charge on any atom is 0.460 e. The summed E-state index contributed by atoms with van der Waals surface area (Å²) in [7, 11) is 0. The maximum absolute atomic E-state index is 13.7. The molecule has 148 valence electrons. The lowest BCUT2D eigenvalue weighted by molar-refractivity contribution is -0.343. The number of benzene rings is 1. The first-order chi connectivity index (χ1) is 12.3. The number of hydrogen-bond donors (Lipinski definition) is 1. The molecule has 1 N–H and O–H groups in total. The molecular weight excluding hydrogens is 414 g/mol. The molecule has 0 unspecified atom stereocenters. The first kappa shape index (κ1) is 20.9. The molecule has 0 fully saturated rings. The topological polar surface area (TPSA) is 46.9 Å². The van der Waals surface area contributed by atoms with Gasteiger partial charge < -0.3 is 5.32 Å². The molecule has 27 heavy (non-hydrogen) atoms. The molecule has 4 nitrogen and oxygen atoms in total. The van der Waals surface area contributed by atoms with Gasteiger partial charge in [0, 0.05) is 16.8 Å². The minimum Gasteiger partial charge on any atom is -0.318 e. The fraction of sp³-hybridized carbons (Fsp3) is 0.286. The van der Waals surface area contributed by atoms with Crippen LogP contribution in [0, 0.1) is 5.82 Å². The summed E-state index contributed by atoms with van der Waals surface area (Å²) in [6.45, 7) is -0.323. The molecule has 13 heteroatoms. The van der Waals surface area contributed by atoms with Gasteiger partial charge >= 0.3 is 23.9 Å². The van der Waals surface area contributed by atoms with E-state index in [0.29, 0.717) is 6.20 Å². The molecule has 0 saturated carbocycles. The molecule has 0 atom stereocenters. The van der Waals surface area contributed by atoms with Crippen molar-refractivity contribution in [2.45, 2.75) is 24.6 Å². The summed E-state index contributed by atoms with van der Waals surface area (Å²) in [5.74, 6) is -16.3. The van der Waals surface area contributed by atoms with Gasteiger partial charge in [0.15, 0.2) is 0 Å². The Kier molecular flexibility index (Phi) is 5.41. The van der Waals surface area contributed by atoms with Crippen LogP contribution in [0.2, 0.25) is 5.02 Å². The standard InChI is InChI=1S/C14H8ClF8N3O/c15-9-2-1-3-10(16)8(9)6-26-5-7(4-24-26)25-11(27)12(17,18)13(19,20)14(21,22)23/h1-5H,6H2,(H,25,27). The Morgan fingerprint density at radius 2 is 1.78 bits per heavy atom. The lowest BCUT2D eigenvalue weighted by Crippen LogP contribution is -2.57. The highest BCUT2D eigenvalue weighted by molar-refractivity contribution is 6.31. The molecule has 0 aliphatic rings. The first-order valence-corrected chi connectivity index (χ1v) is 7.24. The van der Waals surface area contributed by atoms with Crippen LogP contribution in [-0.2, 0) is 11.3 Å². The summed E-state index contributed by atoms with van der Waals surface area (Å²) in [4.78, 5) is 11.2. The van der Waals surface area contributed by atoms with Crippen LogP contribution < -0.4 is 5.32 Å². The Labute approximate surface area is 150 Å². The van der Waals surface area contributed by atoms with Gasteiger partial charge in [-0.15, -0.1) is 0 Å². The van der Waals surface area contributed by atoms with Crippen molar-refractivity contribution in [1.82, 2.24) is 9.78 Å². The van der Waals surface area contributed by atoms with Crippen LogP contribution in [0.1, 0.15) is 5.56 Å². The number of carbonyl (C=O) groups excluding carboxylic acids is 1. The number of rotatable bonds is 5. The van der Waals surface area contributed by atoms with Gasteiger partial charge in [-0.2, -0.15) is 35.8 Å². The van der Waals surface area contributed by atoms with E-state index in [-0.39, 0.29) is 17.1 Å². The minimum atomic E-state index is -6.64. The molecule has 0 bridgehead atoms. The lowest BCUT2D eigenvalue weighted by atomic mass is 10.1. The van der Waals surface area contributed by atoms with Gasteiger partial charge in [-0.05, 0) is 12.1 Å². The average Bonchev–Trinajstić information content (AvgIpc) is 2.97. The van der Waals surface area contributed by atoms with Crippen molar-refractivity contribution in [1.29, 1.82) is 0 Å². The maximum atomic E-state index is 13.7. The number of carbonyl (C=O) groups is 1. The third-order valence-electron chi connectivity index (χ3n) is 3.31. The van der Waals surface area contributed by atoms with Crippen molar-refractivity contribution in [3.05, 3.63) is 47.0 Å². The van der Waals surface area contributed by atoms with E-state index in [1.165, 1.54) is 17.4 Å². The highest BCUT2D eigenvalue weighted by Gasteiger charge is 2.76. The SMILES string of the molecule is O=C(Nc1cnn(Cc2c(F)cccc2Cl)c1)C(F)(F)C(F)(F)C(F)(F)F. The molecular formula is C14H8ClF8N3O. The van der Waals surface area contributed by atoms with Crippen LogP contribution in [0.4, 0.5) is 40.8 Å². The Balaban J connectivity index is 2.17. The van der Waals surface area contributed by atoms with Crippen molar-refractivity contribution in [3.8, 4) is 0 Å². The minimum absolute atomic E-state index is 0.00689. The van der Waals surface area contributed by atoms with E-state index in [1.807, 2.05) is 0 Å². The number of hydrogen-bond acceptors (Lipinski definition) is 2. The number of nitrogens with one attached hydrogen (secondary N) is 1. The summed E-state index contributed by atoms with van der Waals surface area (Å²) >= 11 is 5.78. The Hall–Kier alpha value is -2.37. The van der Waals surface area contributed by atoms with Crippen LogP contribution in [0.3, 0.4) is 0 Å². The van der Waals surface area contributed by atoms with Gasteiger partial charge in [-0.25, -0.2) is 4.39 Å². The van der Waals surface area contributed by atoms with E-state index in [0.717, 1.165) is 16.9 Å². The summed E-state index contributed by atoms with van der Waals surface area (Å²) in [5.41, 5.74) is -0.654. The number of alkyl halides is 7. The Bertz CT molecular complexity index is 829. The summed E-state index contributed by atoms with van der Waals surface area (Å²) in [5, 5.41) is 4.79. The van der Waals surface area contributed by atoms with Gasteiger partial charge in [-0.3, -0.25) is 9.48 Å². The molecule has 1 amide bonds. The zero-order chi connectivity index (χ0) is 20.6. The second kappa shape index (κ2) is 6.98. The van der Waals surface area contributed by atoms with Gasteiger partial charge in [0.2, 0.25) is 0 Å². The van der Waals surface area contributed by atoms with Crippen molar-refractivity contribution in [2.24, 2.45) is 0 Å². The fourth-order valence-corrected chi connectivity index (χ4v) is 2.11. The zero-order valence-electron chi connectivity index (χ0n) is 12.8. The molecule has 0 radical (unpaired) electrons. The van der Waals surface area contributed by atoms with E-state index in [1.54, 1.807) is 0 Å². The predicted molar refractivity (Wildman–Crippen MR) is 77.3 cm³/mol. The van der Waals surface area contributed by atoms with Crippen LogP contribution >= 0.6 is 11.6 Å². The molecule has 0 aliphatic heterocycles. The monoisotopic (exact) mass is 421 g/mol. The van der Waals surface area contributed by atoms with E-state index in [9.17, 15) is 39.9 Å². The lowest BCUT2D eigenvalue weighted by Gasteiger charge is -2.26. The smallest absolute Gasteiger partial charge is 0.318 e. The summed E-state index contributed by atoms with van der Waals surface area (Å²) in [6.07, 6.45) is -5.11. The van der Waals surface area contributed by atoms with Gasteiger partial charge in [0.05, 0.1) is 18.4 Å². The number of amides is 1. The quantitative estimate of drug-likeness (QED) is 0.723. The van der Waals surface area contributed by atoms with Crippen molar-refractivity contribution >= 4 is 23.2 Å². The van der Waals surface area contributed by atoms with Crippen molar-refractivity contribution < 1.29 is 39.9 Å². The van der Waals surface area contributed by atoms with E-state index in [2.05, 4.69) is 5.10 Å². The molecule has 0 spiro atoms. The molecule has 1 aromatic heterocycles. The highest BCUT2D eigenvalue weighted by atomic mass is 35.5. The van der Waals surface area contributed by atoms with E-state index < -0.39 is 35.4 Å². The van der Waals surface area contributed by atoms with Crippen molar-refractivity contribution in [2.75, 3.05) is 5.32 Å². The molecule has 1 aromatic carbocycles. The molecule has 2 aromatic rings. The average molecular weight is 422 g/mol. The number of nitrogens with zero attached hydrogens (tertiary/aromatic N) is 2. The molecule has 2 rings (SSSR count). The van der Waals surface area contributed by atoms with Gasteiger partial charge in [0.25, 0.3) is 0 Å². The van der Waals surface area contributed by atoms with Crippen LogP contribution in [0.25, 0.3) is 0 Å². The normalized spacial score (nSPS) is 12.9. The number of aromatic nitrogens is 2. The van der Waals surface area contributed by atoms with E-state index >= 15 is 0 Å². The third kappa shape index (κ3) is 3.99. The van der Waals surface area contributed by atoms with Crippen LogP contribution in [-0.4, -0.2) is 33.7 Å². The van der Waals surface area contributed by atoms with Crippen LogP contribution in [0.15, 0.2) is 30.6 Å². The van der Waals surface area contributed by atoms with Crippen LogP contribution in [0.5, 0.6) is 0 Å². The molecule has 0 aliphatic carbocycles. The second-order valence-electron chi connectivity index (χ2n) is 5.23. The van der Waals surface area contributed by atoms with Gasteiger partial charge in [-0.1, -0.05) is 17.7 Å². The predicted octanol–water partition coefficient (Wildman–Crippen LogP) is 4.50. The summed E-state index contributed by atoms with van der Waals surface area (Å²) in [6, 6.07) is 3.75. The van der Waals surface area contributed by atoms with Crippen molar-refractivity contribution in [3.63, 3.8) is 0 Å². The largest absolute Gasteiger partial charge is 0.460 e. The first-order valence-electron chi connectivity index (χ1n) is 6.86. The third-order valence-corrected chi connectivity index (χ3v) is 3.66. The summed E-state index contributed by atoms with van der Waals surface area (Å²) < 4.78 is 103.